The van der Waals surface area contributed by atoms with Gasteiger partial charge in [-0.2, -0.15) is 0 Å². The summed E-state index contributed by atoms with van der Waals surface area (Å²) in [6.45, 7) is 2.01. The van der Waals surface area contributed by atoms with E-state index in [0.29, 0.717) is 12.3 Å². The first-order chi connectivity index (χ1) is 9.66. The quantitative estimate of drug-likeness (QED) is 0.715. The molecule has 2 amide bonds. The van der Waals surface area contributed by atoms with Gasteiger partial charge in [0.25, 0.3) is 0 Å². The number of hydrogen-bond donors (Lipinski definition) is 3. The Labute approximate surface area is 118 Å². The van der Waals surface area contributed by atoms with Crippen LogP contribution in [-0.4, -0.2) is 24.9 Å². The van der Waals surface area contributed by atoms with Gasteiger partial charge >= 0.3 is 0 Å². The first-order valence-corrected chi connectivity index (χ1v) is 7.01. The van der Waals surface area contributed by atoms with Crippen LogP contribution in [0, 0.1) is 5.92 Å². The summed E-state index contributed by atoms with van der Waals surface area (Å²) in [5, 5.41) is 6.00. The molecular weight excluding hydrogens is 254 g/mol. The minimum Gasteiger partial charge on any atom is -0.368 e. The lowest BCUT2D eigenvalue weighted by Gasteiger charge is -2.16. The van der Waals surface area contributed by atoms with Crippen LogP contribution in [0.25, 0.3) is 0 Å². The number of amides is 2. The Bertz CT molecular complexity index is 455. The highest BCUT2D eigenvalue weighted by atomic mass is 16.2. The van der Waals surface area contributed by atoms with Crippen molar-refractivity contribution in [1.82, 2.24) is 10.6 Å². The molecule has 0 aromatic heterocycles. The molecule has 0 saturated carbocycles. The van der Waals surface area contributed by atoms with E-state index >= 15 is 0 Å². The molecular formula is C15H21N3O2. The van der Waals surface area contributed by atoms with Crippen molar-refractivity contribution in [2.24, 2.45) is 11.7 Å². The van der Waals surface area contributed by atoms with Gasteiger partial charge in [-0.3, -0.25) is 9.59 Å². The van der Waals surface area contributed by atoms with Crippen molar-refractivity contribution in [2.45, 2.75) is 25.3 Å². The van der Waals surface area contributed by atoms with Crippen LogP contribution in [0.15, 0.2) is 30.3 Å². The Balaban J connectivity index is 1.87. The zero-order valence-electron chi connectivity index (χ0n) is 11.5. The van der Waals surface area contributed by atoms with Crippen molar-refractivity contribution in [3.8, 4) is 0 Å². The monoisotopic (exact) mass is 275 g/mol. The number of hydrogen-bond acceptors (Lipinski definition) is 3. The minimum atomic E-state index is -0.745. The van der Waals surface area contributed by atoms with Gasteiger partial charge in [-0.15, -0.1) is 0 Å². The third-order valence-corrected chi connectivity index (χ3v) is 3.66. The zero-order chi connectivity index (χ0) is 14.4. The van der Waals surface area contributed by atoms with Crippen LogP contribution in [0.2, 0.25) is 0 Å². The van der Waals surface area contributed by atoms with E-state index in [1.807, 2.05) is 18.2 Å². The van der Waals surface area contributed by atoms with Gasteiger partial charge in [-0.25, -0.2) is 0 Å². The second kappa shape index (κ2) is 7.05. The van der Waals surface area contributed by atoms with E-state index in [-0.39, 0.29) is 5.91 Å². The molecule has 108 valence electrons. The van der Waals surface area contributed by atoms with Crippen LogP contribution in [0.3, 0.4) is 0 Å². The van der Waals surface area contributed by atoms with Gasteiger partial charge in [-0.1, -0.05) is 30.3 Å². The standard InChI is InChI=1S/C15H21N3O2/c16-15(20)14(12-4-2-1-3-5-12)18-13(19)7-6-11-8-9-17-10-11/h1-5,11,14,17H,6-10H2,(H2,16,20)(H,18,19). The summed E-state index contributed by atoms with van der Waals surface area (Å²) >= 11 is 0. The summed E-state index contributed by atoms with van der Waals surface area (Å²) in [6.07, 6.45) is 2.40. The molecule has 1 fully saturated rings. The van der Waals surface area contributed by atoms with Crippen molar-refractivity contribution in [2.75, 3.05) is 13.1 Å². The number of carbonyl (C=O) groups excluding carboxylic acids is 2. The van der Waals surface area contributed by atoms with Gasteiger partial charge in [0, 0.05) is 6.42 Å². The lowest BCUT2D eigenvalue weighted by Crippen LogP contribution is -2.37. The highest BCUT2D eigenvalue weighted by molar-refractivity contribution is 5.87. The lowest BCUT2D eigenvalue weighted by molar-refractivity contribution is -0.127. The molecule has 0 radical (unpaired) electrons. The third-order valence-electron chi connectivity index (χ3n) is 3.66. The Morgan fingerprint density at radius 3 is 2.70 bits per heavy atom. The van der Waals surface area contributed by atoms with Gasteiger partial charge in [-0.05, 0) is 37.4 Å². The fourth-order valence-corrected chi connectivity index (χ4v) is 2.49. The molecule has 0 spiro atoms. The summed E-state index contributed by atoms with van der Waals surface area (Å²) in [5.41, 5.74) is 6.09. The first kappa shape index (κ1) is 14.5. The zero-order valence-corrected chi connectivity index (χ0v) is 11.5. The fourth-order valence-electron chi connectivity index (χ4n) is 2.49. The van der Waals surface area contributed by atoms with Gasteiger partial charge in [0.2, 0.25) is 11.8 Å². The topological polar surface area (TPSA) is 84.2 Å². The van der Waals surface area contributed by atoms with E-state index in [1.54, 1.807) is 12.1 Å². The van der Waals surface area contributed by atoms with Crippen LogP contribution >= 0.6 is 0 Å². The maximum Gasteiger partial charge on any atom is 0.244 e. The van der Waals surface area contributed by atoms with E-state index in [0.717, 1.165) is 31.5 Å². The van der Waals surface area contributed by atoms with Crippen LogP contribution in [0.4, 0.5) is 0 Å². The van der Waals surface area contributed by atoms with Crippen LogP contribution < -0.4 is 16.4 Å². The van der Waals surface area contributed by atoms with Crippen LogP contribution in [0.5, 0.6) is 0 Å². The van der Waals surface area contributed by atoms with Crippen molar-refractivity contribution in [3.05, 3.63) is 35.9 Å². The second-order valence-electron chi connectivity index (χ2n) is 5.21. The highest BCUT2D eigenvalue weighted by Gasteiger charge is 2.21. The average molecular weight is 275 g/mol. The maximum atomic E-state index is 11.9. The molecule has 5 nitrogen and oxygen atoms in total. The molecule has 1 aromatic carbocycles. The first-order valence-electron chi connectivity index (χ1n) is 7.01. The molecule has 1 heterocycles. The van der Waals surface area contributed by atoms with Crippen molar-refractivity contribution < 1.29 is 9.59 Å². The van der Waals surface area contributed by atoms with Crippen LogP contribution in [0.1, 0.15) is 30.9 Å². The van der Waals surface area contributed by atoms with Gasteiger partial charge in [0.15, 0.2) is 0 Å². The molecule has 2 rings (SSSR count). The molecule has 1 aromatic rings. The molecule has 2 unspecified atom stereocenters. The smallest absolute Gasteiger partial charge is 0.244 e. The Kier molecular flexibility index (Phi) is 5.12. The molecule has 0 bridgehead atoms. The number of nitrogens with one attached hydrogen (secondary N) is 2. The SMILES string of the molecule is NC(=O)C(NC(=O)CCC1CCNC1)c1ccccc1. The fraction of sp³-hybridized carbons (Fsp3) is 0.467. The summed E-state index contributed by atoms with van der Waals surface area (Å²) in [5.74, 6) is -0.0962. The summed E-state index contributed by atoms with van der Waals surface area (Å²) in [7, 11) is 0. The maximum absolute atomic E-state index is 11.9. The molecule has 4 N–H and O–H groups in total. The summed E-state index contributed by atoms with van der Waals surface area (Å²) in [4.78, 5) is 23.4. The summed E-state index contributed by atoms with van der Waals surface area (Å²) in [6, 6.07) is 8.33. The van der Waals surface area contributed by atoms with Gasteiger partial charge in [0.05, 0.1) is 0 Å². The number of rotatable bonds is 6. The van der Waals surface area contributed by atoms with E-state index < -0.39 is 11.9 Å². The molecule has 0 aliphatic carbocycles. The molecule has 1 aliphatic heterocycles. The molecule has 1 saturated heterocycles. The van der Waals surface area contributed by atoms with Crippen molar-refractivity contribution >= 4 is 11.8 Å². The van der Waals surface area contributed by atoms with E-state index in [2.05, 4.69) is 10.6 Å². The molecule has 1 aliphatic rings. The molecule has 20 heavy (non-hydrogen) atoms. The van der Waals surface area contributed by atoms with Crippen molar-refractivity contribution in [3.63, 3.8) is 0 Å². The number of nitrogens with two attached hydrogens (primary N) is 1. The van der Waals surface area contributed by atoms with E-state index in [9.17, 15) is 9.59 Å². The van der Waals surface area contributed by atoms with Gasteiger partial charge < -0.3 is 16.4 Å². The number of benzene rings is 1. The normalized spacial score (nSPS) is 19.5. The Hall–Kier alpha value is -1.88. The largest absolute Gasteiger partial charge is 0.368 e. The minimum absolute atomic E-state index is 0.121. The third kappa shape index (κ3) is 4.06. The van der Waals surface area contributed by atoms with E-state index in [4.69, 9.17) is 5.73 Å². The predicted octanol–water partition coefficient (Wildman–Crippen LogP) is 0.719. The highest BCUT2D eigenvalue weighted by Crippen LogP contribution is 2.16. The molecule has 5 heteroatoms. The predicted molar refractivity (Wildman–Crippen MR) is 76.7 cm³/mol. The second-order valence-corrected chi connectivity index (χ2v) is 5.21. The number of primary amides is 1. The van der Waals surface area contributed by atoms with Gasteiger partial charge in [0.1, 0.15) is 6.04 Å². The van der Waals surface area contributed by atoms with Crippen molar-refractivity contribution in [1.29, 1.82) is 0 Å². The average Bonchev–Trinajstić information content (AvgIpc) is 2.96. The molecule has 2 atom stereocenters. The Morgan fingerprint density at radius 2 is 2.10 bits per heavy atom. The Morgan fingerprint density at radius 1 is 1.35 bits per heavy atom. The van der Waals surface area contributed by atoms with Crippen LogP contribution in [-0.2, 0) is 9.59 Å². The lowest BCUT2D eigenvalue weighted by atomic mass is 10.0. The van der Waals surface area contributed by atoms with E-state index in [1.165, 1.54) is 0 Å². The number of carbonyl (C=O) groups is 2. The summed E-state index contributed by atoms with van der Waals surface area (Å²) < 4.78 is 0.